The van der Waals surface area contributed by atoms with E-state index in [9.17, 15) is 14.9 Å². The van der Waals surface area contributed by atoms with Crippen molar-refractivity contribution in [1.29, 1.82) is 5.26 Å². The molecule has 1 saturated heterocycles. The molecule has 2 atom stereocenters. The van der Waals surface area contributed by atoms with Gasteiger partial charge in [0.05, 0.1) is 6.07 Å². The van der Waals surface area contributed by atoms with Crippen LogP contribution in [-0.2, 0) is 20.7 Å². The average Bonchev–Trinajstić information content (AvgIpc) is 3.18. The number of amides is 1. The number of carbonyl (C=O) groups is 2. The first-order valence-corrected chi connectivity index (χ1v) is 13.8. The van der Waals surface area contributed by atoms with Gasteiger partial charge in [0.15, 0.2) is 0 Å². The van der Waals surface area contributed by atoms with Gasteiger partial charge in [-0.2, -0.15) is 5.26 Å². The number of nitrogens with one attached hydrogen (secondary N) is 1. The summed E-state index contributed by atoms with van der Waals surface area (Å²) in [7, 11) is 0. The van der Waals surface area contributed by atoms with Crippen LogP contribution in [0, 0.1) is 18.3 Å². The van der Waals surface area contributed by atoms with Crippen molar-refractivity contribution in [2.75, 3.05) is 19.7 Å². The molecule has 38 heavy (non-hydrogen) atoms. The van der Waals surface area contributed by atoms with Gasteiger partial charge in [-0.1, -0.05) is 51.1 Å². The largest absolute Gasteiger partial charge is 0.426 e. The van der Waals surface area contributed by atoms with Gasteiger partial charge in [-0.15, -0.1) is 0 Å². The highest BCUT2D eigenvalue weighted by Gasteiger charge is 2.27. The van der Waals surface area contributed by atoms with Crippen molar-refractivity contribution in [3.05, 3.63) is 53.6 Å². The fourth-order valence-corrected chi connectivity index (χ4v) is 4.26. The number of nitriles is 1. The molecule has 2 unspecified atom stereocenters. The number of nitrogens with zero attached hydrogens (tertiary/aromatic N) is 2. The zero-order valence-electron chi connectivity index (χ0n) is 23.8. The van der Waals surface area contributed by atoms with E-state index in [-0.39, 0.29) is 11.9 Å². The maximum atomic E-state index is 12.8. The van der Waals surface area contributed by atoms with Gasteiger partial charge < -0.3 is 14.8 Å². The monoisotopic (exact) mass is 521 g/mol. The van der Waals surface area contributed by atoms with E-state index in [1.807, 2.05) is 70.2 Å². The standard InChI is InChI=1S/C29H37N3O4.C2H6/c1-5-7-28(33)36-26-13-12-24(16-21(26)4)23-10-8-22(9-11-23)17-25(18-30)31-29(34)27-19-32(20(2)3)14-6-15-35-27;1-2/h8-13,16,20,25,27H,5-7,14-15,17,19H2,1-4H3,(H,31,34);1-2H3. The van der Waals surface area contributed by atoms with Gasteiger partial charge in [-0.05, 0) is 68.0 Å². The third kappa shape index (κ3) is 9.27. The number of hydrogen-bond donors (Lipinski definition) is 1. The number of carbonyl (C=O) groups excluding carboxylic acids is 2. The Balaban J connectivity index is 0.00000247. The molecular formula is C31H43N3O4. The van der Waals surface area contributed by atoms with Crippen LogP contribution in [0.2, 0.25) is 0 Å². The summed E-state index contributed by atoms with van der Waals surface area (Å²) in [5.41, 5.74) is 3.88. The van der Waals surface area contributed by atoms with Gasteiger partial charge in [0.2, 0.25) is 0 Å². The number of benzene rings is 2. The fraction of sp³-hybridized carbons (Fsp3) is 0.516. The third-order valence-electron chi connectivity index (χ3n) is 6.38. The van der Waals surface area contributed by atoms with E-state index in [2.05, 4.69) is 30.1 Å². The Hall–Kier alpha value is -3.21. The number of esters is 1. The lowest BCUT2D eigenvalue weighted by Crippen LogP contribution is -2.48. The maximum Gasteiger partial charge on any atom is 0.311 e. The molecule has 7 nitrogen and oxygen atoms in total. The quantitative estimate of drug-likeness (QED) is 0.349. The minimum atomic E-state index is -0.637. The second-order valence-electron chi connectivity index (χ2n) is 9.60. The Morgan fingerprint density at radius 2 is 1.84 bits per heavy atom. The molecule has 0 aliphatic carbocycles. The zero-order valence-corrected chi connectivity index (χ0v) is 23.8. The first kappa shape index (κ1) is 31.0. The summed E-state index contributed by atoms with van der Waals surface area (Å²) in [6.45, 7) is 14.1. The Bertz CT molecular complexity index is 1080. The summed E-state index contributed by atoms with van der Waals surface area (Å²) >= 11 is 0. The molecule has 3 rings (SSSR count). The van der Waals surface area contributed by atoms with Crippen LogP contribution < -0.4 is 10.1 Å². The van der Waals surface area contributed by atoms with E-state index in [4.69, 9.17) is 9.47 Å². The molecule has 1 aliphatic heterocycles. The van der Waals surface area contributed by atoms with Gasteiger partial charge in [-0.3, -0.25) is 14.5 Å². The molecule has 1 aliphatic rings. The highest BCUT2D eigenvalue weighted by molar-refractivity contribution is 5.81. The van der Waals surface area contributed by atoms with Crippen LogP contribution in [0.25, 0.3) is 11.1 Å². The fourth-order valence-electron chi connectivity index (χ4n) is 4.26. The van der Waals surface area contributed by atoms with Crippen molar-refractivity contribution in [3.8, 4) is 22.9 Å². The molecule has 1 amide bonds. The van der Waals surface area contributed by atoms with Crippen molar-refractivity contribution >= 4 is 11.9 Å². The predicted molar refractivity (Wildman–Crippen MR) is 151 cm³/mol. The summed E-state index contributed by atoms with van der Waals surface area (Å²) in [5.74, 6) is 0.121. The third-order valence-corrected chi connectivity index (χ3v) is 6.38. The molecule has 0 saturated carbocycles. The first-order valence-electron chi connectivity index (χ1n) is 13.8. The zero-order chi connectivity index (χ0) is 28.1. The van der Waals surface area contributed by atoms with E-state index in [1.54, 1.807) is 0 Å². The van der Waals surface area contributed by atoms with Crippen LogP contribution in [0.5, 0.6) is 5.75 Å². The SMILES string of the molecule is CC.CCCC(=O)Oc1ccc(-c2ccc(CC(C#N)NC(=O)C3CN(C(C)C)CCCO3)cc2)cc1C. The predicted octanol–water partition coefficient (Wildman–Crippen LogP) is 5.44. The van der Waals surface area contributed by atoms with E-state index in [1.165, 1.54) is 0 Å². The lowest BCUT2D eigenvalue weighted by molar-refractivity contribution is -0.134. The van der Waals surface area contributed by atoms with E-state index in [0.29, 0.717) is 37.8 Å². The van der Waals surface area contributed by atoms with Gasteiger partial charge >= 0.3 is 5.97 Å². The Kier molecular flexibility index (Phi) is 13.0. The van der Waals surface area contributed by atoms with Crippen LogP contribution in [0.4, 0.5) is 0 Å². The lowest BCUT2D eigenvalue weighted by Gasteiger charge is -2.27. The van der Waals surface area contributed by atoms with Gasteiger partial charge in [0.1, 0.15) is 17.9 Å². The first-order chi connectivity index (χ1) is 18.3. The topological polar surface area (TPSA) is 91.7 Å². The van der Waals surface area contributed by atoms with Crippen LogP contribution in [0.1, 0.15) is 65.0 Å². The number of hydrogen-bond acceptors (Lipinski definition) is 6. The summed E-state index contributed by atoms with van der Waals surface area (Å²) < 4.78 is 11.2. The summed E-state index contributed by atoms with van der Waals surface area (Å²) in [6.07, 6.45) is 1.89. The molecule has 1 heterocycles. The second kappa shape index (κ2) is 15.9. The molecule has 0 spiro atoms. The molecule has 2 aromatic carbocycles. The summed E-state index contributed by atoms with van der Waals surface area (Å²) in [5, 5.41) is 12.5. The van der Waals surface area contributed by atoms with Gasteiger partial charge in [0.25, 0.3) is 5.91 Å². The lowest BCUT2D eigenvalue weighted by atomic mass is 9.99. The maximum absolute atomic E-state index is 12.8. The number of ether oxygens (including phenoxy) is 2. The smallest absolute Gasteiger partial charge is 0.311 e. The number of rotatable bonds is 9. The minimum Gasteiger partial charge on any atom is -0.426 e. The van der Waals surface area contributed by atoms with Crippen molar-refractivity contribution in [2.45, 2.75) is 85.4 Å². The average molecular weight is 522 g/mol. The van der Waals surface area contributed by atoms with Crippen molar-refractivity contribution in [3.63, 3.8) is 0 Å². The van der Waals surface area contributed by atoms with E-state index >= 15 is 0 Å². The van der Waals surface area contributed by atoms with Crippen molar-refractivity contribution < 1.29 is 19.1 Å². The minimum absolute atomic E-state index is 0.223. The summed E-state index contributed by atoms with van der Waals surface area (Å²) in [4.78, 5) is 26.9. The second-order valence-corrected chi connectivity index (χ2v) is 9.60. The molecule has 7 heteroatoms. The molecule has 2 aromatic rings. The van der Waals surface area contributed by atoms with Crippen LogP contribution in [0.15, 0.2) is 42.5 Å². The normalized spacial score (nSPS) is 16.4. The van der Waals surface area contributed by atoms with Crippen molar-refractivity contribution in [2.24, 2.45) is 0 Å². The van der Waals surface area contributed by atoms with E-state index < -0.39 is 12.1 Å². The molecular weight excluding hydrogens is 478 g/mol. The highest BCUT2D eigenvalue weighted by Crippen LogP contribution is 2.27. The molecule has 1 N–H and O–H groups in total. The number of aryl methyl sites for hydroxylation is 1. The summed E-state index contributed by atoms with van der Waals surface area (Å²) in [6, 6.07) is 15.6. The van der Waals surface area contributed by atoms with Crippen LogP contribution >= 0.6 is 0 Å². The van der Waals surface area contributed by atoms with Gasteiger partial charge in [-0.25, -0.2) is 0 Å². The van der Waals surface area contributed by atoms with Crippen LogP contribution in [0.3, 0.4) is 0 Å². The Labute approximate surface area is 228 Å². The molecule has 0 aromatic heterocycles. The van der Waals surface area contributed by atoms with Crippen molar-refractivity contribution in [1.82, 2.24) is 10.2 Å². The molecule has 0 radical (unpaired) electrons. The molecule has 206 valence electrons. The van der Waals surface area contributed by atoms with Crippen LogP contribution in [-0.4, -0.2) is 54.7 Å². The Morgan fingerprint density at radius 3 is 2.45 bits per heavy atom. The molecule has 0 bridgehead atoms. The van der Waals surface area contributed by atoms with E-state index in [0.717, 1.165) is 41.6 Å². The van der Waals surface area contributed by atoms with Gasteiger partial charge in [0, 0.05) is 38.6 Å². The molecule has 1 fully saturated rings. The Morgan fingerprint density at radius 1 is 1.16 bits per heavy atom. The highest BCUT2D eigenvalue weighted by atomic mass is 16.5.